The first-order chi connectivity index (χ1) is 15.1. The quantitative estimate of drug-likeness (QED) is 0.497. The van der Waals surface area contributed by atoms with Gasteiger partial charge in [-0.15, -0.1) is 11.3 Å². The summed E-state index contributed by atoms with van der Waals surface area (Å²) in [7, 11) is 1.34. The number of carbonyl (C=O) groups is 2. The van der Waals surface area contributed by atoms with Crippen molar-refractivity contribution in [1.29, 1.82) is 0 Å². The van der Waals surface area contributed by atoms with E-state index < -0.39 is 5.97 Å². The second kappa shape index (κ2) is 9.71. The molecule has 4 rings (SSSR count). The number of anilines is 1. The lowest BCUT2D eigenvalue weighted by molar-refractivity contribution is -0.115. The highest BCUT2D eigenvalue weighted by atomic mass is 32.1. The minimum Gasteiger partial charge on any atom is -0.465 e. The van der Waals surface area contributed by atoms with Gasteiger partial charge in [-0.05, 0) is 54.3 Å². The molecule has 0 atom stereocenters. The van der Waals surface area contributed by atoms with Crippen LogP contribution in [0, 0.1) is 0 Å². The number of nitrogens with zero attached hydrogens (tertiary/aromatic N) is 1. The molecule has 1 aromatic heterocycles. The van der Waals surface area contributed by atoms with Crippen LogP contribution in [0.2, 0.25) is 0 Å². The third-order valence-corrected chi connectivity index (χ3v) is 6.19. The van der Waals surface area contributed by atoms with Crippen LogP contribution in [0.5, 0.6) is 0 Å². The molecule has 0 radical (unpaired) electrons. The van der Waals surface area contributed by atoms with E-state index in [-0.39, 0.29) is 12.3 Å². The molecule has 5 nitrogen and oxygen atoms in total. The van der Waals surface area contributed by atoms with Crippen LogP contribution in [0.1, 0.15) is 57.4 Å². The Morgan fingerprint density at radius 3 is 2.77 bits per heavy atom. The van der Waals surface area contributed by atoms with Crippen molar-refractivity contribution in [2.24, 2.45) is 0 Å². The fourth-order valence-corrected chi connectivity index (χ4v) is 4.26. The van der Waals surface area contributed by atoms with Gasteiger partial charge in [0.25, 0.3) is 0 Å². The minimum atomic E-state index is -0.415. The Bertz CT molecular complexity index is 1120. The van der Waals surface area contributed by atoms with E-state index in [2.05, 4.69) is 10.7 Å². The number of nitrogens with one attached hydrogen (secondary N) is 1. The molecule has 158 valence electrons. The van der Waals surface area contributed by atoms with Crippen molar-refractivity contribution in [2.75, 3.05) is 12.4 Å². The molecular weight excluding hydrogens is 408 g/mol. The number of rotatable bonds is 7. The smallest absolute Gasteiger partial charge is 0.337 e. The molecule has 1 saturated carbocycles. The summed E-state index contributed by atoms with van der Waals surface area (Å²) in [5.41, 5.74) is 4.12. The van der Waals surface area contributed by atoms with E-state index >= 15 is 0 Å². The van der Waals surface area contributed by atoms with Crippen molar-refractivity contribution >= 4 is 41.1 Å². The molecule has 0 spiro atoms. The summed E-state index contributed by atoms with van der Waals surface area (Å²) in [5, 5.41) is 6.09. The van der Waals surface area contributed by atoms with Crippen LogP contribution in [0.3, 0.4) is 0 Å². The van der Waals surface area contributed by atoms with Crippen molar-refractivity contribution < 1.29 is 14.3 Å². The van der Waals surface area contributed by atoms with Crippen molar-refractivity contribution in [2.45, 2.75) is 31.6 Å². The van der Waals surface area contributed by atoms with Gasteiger partial charge in [-0.3, -0.25) is 4.79 Å². The Hall–Kier alpha value is -3.25. The van der Waals surface area contributed by atoms with Crippen molar-refractivity contribution in [3.05, 3.63) is 81.3 Å². The molecule has 0 saturated heterocycles. The highest BCUT2D eigenvalue weighted by molar-refractivity contribution is 7.10. The van der Waals surface area contributed by atoms with E-state index in [0.29, 0.717) is 11.5 Å². The van der Waals surface area contributed by atoms with E-state index in [9.17, 15) is 9.59 Å². The SMILES string of the molecule is COC(=O)c1cccc(CC(=O)Nc2cccc(/C=C/c3nc(C4CCC4)cs3)c2)c1. The average molecular weight is 433 g/mol. The highest BCUT2D eigenvalue weighted by Crippen LogP contribution is 2.36. The van der Waals surface area contributed by atoms with Gasteiger partial charge in [0.1, 0.15) is 5.01 Å². The predicted molar refractivity (Wildman–Crippen MR) is 124 cm³/mol. The highest BCUT2D eigenvalue weighted by Gasteiger charge is 2.21. The number of ether oxygens (including phenoxy) is 1. The monoisotopic (exact) mass is 432 g/mol. The minimum absolute atomic E-state index is 0.145. The molecule has 0 bridgehead atoms. The standard InChI is InChI=1S/C25H24N2O3S/c1-30-25(29)20-9-2-6-18(13-20)15-23(28)26-21-10-3-5-17(14-21)11-12-24-27-22(16-31-24)19-7-4-8-19/h2-3,5-6,9-14,16,19H,4,7-8,15H2,1H3,(H,26,28)/b12-11+. The van der Waals surface area contributed by atoms with Gasteiger partial charge in [0.15, 0.2) is 0 Å². The maximum atomic E-state index is 12.5. The van der Waals surface area contributed by atoms with Gasteiger partial charge in [-0.1, -0.05) is 36.8 Å². The zero-order chi connectivity index (χ0) is 21.6. The van der Waals surface area contributed by atoms with Gasteiger partial charge in [0, 0.05) is 17.0 Å². The largest absolute Gasteiger partial charge is 0.465 e. The summed E-state index contributed by atoms with van der Waals surface area (Å²) < 4.78 is 4.73. The molecule has 0 aliphatic heterocycles. The van der Waals surface area contributed by atoms with E-state index in [4.69, 9.17) is 9.72 Å². The van der Waals surface area contributed by atoms with Gasteiger partial charge in [-0.2, -0.15) is 0 Å². The van der Waals surface area contributed by atoms with Crippen LogP contribution >= 0.6 is 11.3 Å². The van der Waals surface area contributed by atoms with Crippen molar-refractivity contribution in [1.82, 2.24) is 4.98 Å². The van der Waals surface area contributed by atoms with Gasteiger partial charge >= 0.3 is 5.97 Å². The molecule has 0 unspecified atom stereocenters. The Kier molecular flexibility index (Phi) is 6.57. The average Bonchev–Trinajstić information content (AvgIpc) is 3.19. The van der Waals surface area contributed by atoms with Gasteiger partial charge in [0.2, 0.25) is 5.91 Å². The lowest BCUT2D eigenvalue weighted by Crippen LogP contribution is -2.14. The number of hydrogen-bond acceptors (Lipinski definition) is 5. The van der Waals surface area contributed by atoms with Crippen molar-refractivity contribution in [3.8, 4) is 0 Å². The third-order valence-electron chi connectivity index (χ3n) is 5.36. The predicted octanol–water partition coefficient (Wildman–Crippen LogP) is 5.55. The summed E-state index contributed by atoms with van der Waals surface area (Å²) in [4.78, 5) is 28.9. The zero-order valence-electron chi connectivity index (χ0n) is 17.3. The Balaban J connectivity index is 1.37. The first kappa shape index (κ1) is 21.0. The van der Waals surface area contributed by atoms with Crippen molar-refractivity contribution in [3.63, 3.8) is 0 Å². The molecule has 6 heteroatoms. The molecule has 31 heavy (non-hydrogen) atoms. The normalized spacial score (nSPS) is 13.7. The maximum Gasteiger partial charge on any atom is 0.337 e. The Morgan fingerprint density at radius 2 is 2.00 bits per heavy atom. The number of methoxy groups -OCH3 is 1. The summed E-state index contributed by atoms with van der Waals surface area (Å²) in [6.45, 7) is 0. The third kappa shape index (κ3) is 5.47. The summed E-state index contributed by atoms with van der Waals surface area (Å²) in [6.07, 6.45) is 8.02. The fraction of sp³-hybridized carbons (Fsp3) is 0.240. The number of benzene rings is 2. The number of aromatic nitrogens is 1. The fourth-order valence-electron chi connectivity index (χ4n) is 3.47. The lowest BCUT2D eigenvalue weighted by atomic mass is 9.83. The zero-order valence-corrected chi connectivity index (χ0v) is 18.2. The topological polar surface area (TPSA) is 68.3 Å². The van der Waals surface area contributed by atoms with Crippen LogP contribution in [0.15, 0.2) is 53.9 Å². The molecule has 1 fully saturated rings. The number of hydrogen-bond donors (Lipinski definition) is 1. The molecule has 1 N–H and O–H groups in total. The molecule has 1 amide bonds. The van der Waals surface area contributed by atoms with Crippen LogP contribution in [0.4, 0.5) is 5.69 Å². The van der Waals surface area contributed by atoms with Crippen LogP contribution < -0.4 is 5.32 Å². The van der Waals surface area contributed by atoms with E-state index in [0.717, 1.165) is 21.8 Å². The van der Waals surface area contributed by atoms with E-state index in [1.54, 1.807) is 29.5 Å². The number of amides is 1. The number of thiazole rings is 1. The maximum absolute atomic E-state index is 12.5. The van der Waals surface area contributed by atoms with E-state index in [1.165, 1.54) is 32.1 Å². The van der Waals surface area contributed by atoms with E-state index in [1.807, 2.05) is 42.5 Å². The van der Waals surface area contributed by atoms with Crippen LogP contribution in [-0.2, 0) is 16.0 Å². The number of esters is 1. The van der Waals surface area contributed by atoms with Crippen LogP contribution in [-0.4, -0.2) is 24.0 Å². The lowest BCUT2D eigenvalue weighted by Gasteiger charge is -2.22. The van der Waals surface area contributed by atoms with Crippen LogP contribution in [0.25, 0.3) is 12.2 Å². The van der Waals surface area contributed by atoms with Gasteiger partial charge in [-0.25, -0.2) is 9.78 Å². The summed E-state index contributed by atoms with van der Waals surface area (Å²) in [6, 6.07) is 14.6. The molecule has 1 aliphatic rings. The Morgan fingerprint density at radius 1 is 1.16 bits per heavy atom. The summed E-state index contributed by atoms with van der Waals surface area (Å²) >= 11 is 1.67. The Labute approximate surface area is 185 Å². The summed E-state index contributed by atoms with van der Waals surface area (Å²) in [5.74, 6) is 0.0836. The van der Waals surface area contributed by atoms with Gasteiger partial charge < -0.3 is 10.1 Å². The molecule has 2 aromatic carbocycles. The first-order valence-corrected chi connectivity index (χ1v) is 11.2. The second-order valence-electron chi connectivity index (χ2n) is 7.61. The molecule has 1 heterocycles. The first-order valence-electron chi connectivity index (χ1n) is 10.3. The molecule has 3 aromatic rings. The molecular formula is C25H24N2O3S. The molecule has 1 aliphatic carbocycles. The second-order valence-corrected chi connectivity index (χ2v) is 8.50. The number of carbonyl (C=O) groups excluding carboxylic acids is 2. The van der Waals surface area contributed by atoms with Gasteiger partial charge in [0.05, 0.1) is 24.8 Å².